The Bertz CT molecular complexity index is 471. The molecule has 0 aliphatic heterocycles. The van der Waals surface area contributed by atoms with Crippen LogP contribution in [-0.4, -0.2) is 12.2 Å². The first kappa shape index (κ1) is 13.8. The van der Waals surface area contributed by atoms with Crippen molar-refractivity contribution >= 4 is 12.2 Å². The lowest BCUT2D eigenvalue weighted by Crippen LogP contribution is -2.16. The second-order valence-electron chi connectivity index (χ2n) is 3.86. The predicted octanol–water partition coefficient (Wildman–Crippen LogP) is 1.49. The van der Waals surface area contributed by atoms with Gasteiger partial charge in [0.2, 0.25) is 0 Å². The van der Waals surface area contributed by atoms with Gasteiger partial charge in [0, 0.05) is 0 Å². The second-order valence-corrected chi connectivity index (χ2v) is 3.86. The largest absolute Gasteiger partial charge is 0.445 e. The molecule has 0 aliphatic carbocycles. The molecule has 98 valence electrons. The summed E-state index contributed by atoms with van der Waals surface area (Å²) in [6.45, 7) is 3.90. The third-order valence-corrected chi connectivity index (χ3v) is 2.70. The van der Waals surface area contributed by atoms with E-state index in [0.717, 1.165) is 22.3 Å². The summed E-state index contributed by atoms with van der Waals surface area (Å²) in [4.78, 5) is 21.2. The fraction of sp³-hybridized carbons (Fsp3) is 0.333. The van der Waals surface area contributed by atoms with Gasteiger partial charge in [0.25, 0.3) is 0 Å². The molecule has 0 unspecified atom stereocenters. The minimum absolute atomic E-state index is 0.0356. The Kier molecular flexibility index (Phi) is 4.53. The number of ether oxygens (including phenoxy) is 2. The molecule has 0 saturated carbocycles. The quantitative estimate of drug-likeness (QED) is 0.846. The number of hydrogen-bond donors (Lipinski definition) is 2. The zero-order valence-corrected chi connectivity index (χ0v) is 10.4. The Hall–Kier alpha value is -2.24. The van der Waals surface area contributed by atoms with Crippen LogP contribution < -0.4 is 11.5 Å². The van der Waals surface area contributed by atoms with E-state index >= 15 is 0 Å². The summed E-state index contributed by atoms with van der Waals surface area (Å²) in [6.07, 6.45) is -1.70. The van der Waals surface area contributed by atoms with E-state index in [1.165, 1.54) is 0 Å². The Morgan fingerprint density at radius 1 is 1.06 bits per heavy atom. The van der Waals surface area contributed by atoms with Gasteiger partial charge in [-0.15, -0.1) is 0 Å². The van der Waals surface area contributed by atoms with Crippen LogP contribution in [0.1, 0.15) is 22.3 Å². The van der Waals surface area contributed by atoms with Gasteiger partial charge in [-0.3, -0.25) is 0 Å². The monoisotopic (exact) mass is 252 g/mol. The summed E-state index contributed by atoms with van der Waals surface area (Å²) in [5, 5.41) is 0. The van der Waals surface area contributed by atoms with Gasteiger partial charge < -0.3 is 20.9 Å². The average Bonchev–Trinajstić information content (AvgIpc) is 2.29. The van der Waals surface area contributed by atoms with E-state index in [0.29, 0.717) is 0 Å². The van der Waals surface area contributed by atoms with Crippen molar-refractivity contribution in [2.75, 3.05) is 0 Å². The number of hydrogen-bond acceptors (Lipinski definition) is 4. The van der Waals surface area contributed by atoms with E-state index in [2.05, 4.69) is 0 Å². The highest BCUT2D eigenvalue weighted by atomic mass is 16.5. The molecule has 0 fully saturated rings. The maximum absolute atomic E-state index is 10.6. The molecule has 0 spiro atoms. The maximum Gasteiger partial charge on any atom is 0.404 e. The van der Waals surface area contributed by atoms with E-state index in [9.17, 15) is 9.59 Å². The number of aryl methyl sites for hydroxylation is 1. The topological polar surface area (TPSA) is 105 Å². The zero-order chi connectivity index (χ0) is 13.7. The molecule has 6 heteroatoms. The molecule has 0 heterocycles. The van der Waals surface area contributed by atoms with Gasteiger partial charge in [0.15, 0.2) is 0 Å². The van der Waals surface area contributed by atoms with Gasteiger partial charge in [-0.25, -0.2) is 9.59 Å². The molecule has 0 aliphatic rings. The van der Waals surface area contributed by atoms with E-state index < -0.39 is 12.2 Å². The fourth-order valence-electron chi connectivity index (χ4n) is 1.56. The minimum Gasteiger partial charge on any atom is -0.445 e. The molecule has 0 bridgehead atoms. The maximum atomic E-state index is 10.6. The summed E-state index contributed by atoms with van der Waals surface area (Å²) in [6, 6.07) is 3.69. The molecule has 0 atom stereocenters. The number of carbonyl (C=O) groups is 2. The number of primary amides is 2. The van der Waals surface area contributed by atoms with Crippen molar-refractivity contribution in [2.24, 2.45) is 11.5 Å². The highest BCUT2D eigenvalue weighted by Crippen LogP contribution is 2.20. The molecule has 18 heavy (non-hydrogen) atoms. The zero-order valence-electron chi connectivity index (χ0n) is 10.4. The van der Waals surface area contributed by atoms with Crippen molar-refractivity contribution in [3.05, 3.63) is 34.4 Å². The van der Waals surface area contributed by atoms with Crippen LogP contribution in [0.25, 0.3) is 0 Å². The molecule has 4 N–H and O–H groups in total. The lowest BCUT2D eigenvalue weighted by atomic mass is 9.98. The lowest BCUT2D eigenvalue weighted by molar-refractivity contribution is 0.142. The first-order chi connectivity index (χ1) is 8.41. The Balaban J connectivity index is 2.96. The van der Waals surface area contributed by atoms with Gasteiger partial charge in [-0.05, 0) is 36.1 Å². The number of amides is 2. The third kappa shape index (κ3) is 3.65. The van der Waals surface area contributed by atoms with E-state index in [1.807, 2.05) is 19.9 Å². The highest BCUT2D eigenvalue weighted by Gasteiger charge is 2.11. The van der Waals surface area contributed by atoms with Gasteiger partial charge in [0.05, 0.1) is 0 Å². The lowest BCUT2D eigenvalue weighted by Gasteiger charge is -2.14. The Labute approximate surface area is 105 Å². The van der Waals surface area contributed by atoms with E-state index in [-0.39, 0.29) is 13.2 Å². The smallest absolute Gasteiger partial charge is 0.404 e. The van der Waals surface area contributed by atoms with Crippen molar-refractivity contribution in [3.8, 4) is 0 Å². The van der Waals surface area contributed by atoms with E-state index in [1.54, 1.807) is 6.07 Å². The van der Waals surface area contributed by atoms with Gasteiger partial charge in [-0.2, -0.15) is 0 Å². The van der Waals surface area contributed by atoms with Gasteiger partial charge in [-0.1, -0.05) is 12.1 Å². The average molecular weight is 252 g/mol. The molecule has 6 nitrogen and oxygen atoms in total. The molecule has 1 aromatic carbocycles. The van der Waals surface area contributed by atoms with Crippen LogP contribution in [0.15, 0.2) is 12.1 Å². The molecular weight excluding hydrogens is 236 g/mol. The van der Waals surface area contributed by atoms with Crippen LogP contribution in [0.3, 0.4) is 0 Å². The number of carbonyl (C=O) groups excluding carboxylic acids is 2. The van der Waals surface area contributed by atoms with Crippen LogP contribution >= 0.6 is 0 Å². The van der Waals surface area contributed by atoms with Crippen molar-refractivity contribution in [3.63, 3.8) is 0 Å². The normalized spacial score (nSPS) is 9.89. The van der Waals surface area contributed by atoms with E-state index in [4.69, 9.17) is 20.9 Å². The van der Waals surface area contributed by atoms with Gasteiger partial charge in [0.1, 0.15) is 13.2 Å². The molecule has 0 radical (unpaired) electrons. The van der Waals surface area contributed by atoms with Crippen LogP contribution in [-0.2, 0) is 22.7 Å². The molecule has 1 aromatic rings. The Morgan fingerprint density at radius 3 is 2.17 bits per heavy atom. The first-order valence-electron chi connectivity index (χ1n) is 5.34. The number of nitrogens with two attached hydrogens (primary N) is 2. The molecular formula is C12H16N2O4. The van der Waals surface area contributed by atoms with Crippen molar-refractivity contribution in [2.45, 2.75) is 27.1 Å². The minimum atomic E-state index is -0.852. The summed E-state index contributed by atoms with van der Waals surface area (Å²) in [5.41, 5.74) is 13.4. The van der Waals surface area contributed by atoms with Crippen LogP contribution in [0.4, 0.5) is 9.59 Å². The number of rotatable bonds is 4. The number of benzene rings is 1. The Morgan fingerprint density at radius 2 is 1.61 bits per heavy atom. The third-order valence-electron chi connectivity index (χ3n) is 2.70. The van der Waals surface area contributed by atoms with Crippen molar-refractivity contribution in [1.82, 2.24) is 0 Å². The predicted molar refractivity (Wildman–Crippen MR) is 64.7 cm³/mol. The summed E-state index contributed by atoms with van der Waals surface area (Å²) < 4.78 is 9.52. The highest BCUT2D eigenvalue weighted by molar-refractivity contribution is 5.65. The summed E-state index contributed by atoms with van der Waals surface area (Å²) in [7, 11) is 0. The summed E-state index contributed by atoms with van der Waals surface area (Å²) >= 11 is 0. The van der Waals surface area contributed by atoms with Crippen LogP contribution in [0.2, 0.25) is 0 Å². The fourth-order valence-corrected chi connectivity index (χ4v) is 1.56. The van der Waals surface area contributed by atoms with Gasteiger partial charge >= 0.3 is 12.2 Å². The molecule has 0 saturated heterocycles. The molecule has 0 aromatic heterocycles. The standard InChI is InChI=1S/C12H16N2O4/c1-7-3-4-9(5-17-11(13)15)10(8(7)2)6-18-12(14)16/h3-4H,5-6H2,1-2H3,(H2,13,15)(H2,14,16). The van der Waals surface area contributed by atoms with Crippen molar-refractivity contribution < 1.29 is 19.1 Å². The van der Waals surface area contributed by atoms with Crippen molar-refractivity contribution in [1.29, 1.82) is 0 Å². The molecule has 1 rings (SSSR count). The second kappa shape index (κ2) is 5.90. The van der Waals surface area contributed by atoms with Crippen LogP contribution in [0.5, 0.6) is 0 Å². The van der Waals surface area contributed by atoms with Crippen LogP contribution in [0, 0.1) is 13.8 Å². The molecule has 2 amide bonds. The first-order valence-corrected chi connectivity index (χ1v) is 5.34. The summed E-state index contributed by atoms with van der Waals surface area (Å²) in [5.74, 6) is 0. The SMILES string of the molecule is Cc1ccc(COC(N)=O)c(COC(N)=O)c1C.